The maximum Gasteiger partial charge on any atom is 0.310 e. The monoisotopic (exact) mass is 263 g/mol. The highest BCUT2D eigenvalue weighted by atomic mass is 16.5. The van der Waals surface area contributed by atoms with Gasteiger partial charge in [-0.2, -0.15) is 0 Å². The number of carboxylic acids is 1. The molecule has 1 aliphatic rings. The molecule has 0 spiro atoms. The zero-order valence-electron chi connectivity index (χ0n) is 11.3. The van der Waals surface area contributed by atoms with E-state index in [1.165, 1.54) is 0 Å². The molecule has 0 aromatic heterocycles. The van der Waals surface area contributed by atoms with E-state index in [1.807, 2.05) is 24.3 Å². The van der Waals surface area contributed by atoms with Gasteiger partial charge in [-0.1, -0.05) is 25.0 Å². The van der Waals surface area contributed by atoms with Crippen molar-refractivity contribution >= 4 is 5.97 Å². The van der Waals surface area contributed by atoms with Gasteiger partial charge in [-0.05, 0) is 30.5 Å². The van der Waals surface area contributed by atoms with Crippen molar-refractivity contribution in [3.05, 3.63) is 29.8 Å². The number of aliphatic carboxylic acids is 1. The van der Waals surface area contributed by atoms with Crippen molar-refractivity contribution in [2.45, 2.75) is 31.6 Å². The average molecular weight is 263 g/mol. The van der Waals surface area contributed by atoms with Crippen LogP contribution < -0.4 is 10.5 Å². The minimum absolute atomic E-state index is 0.150. The van der Waals surface area contributed by atoms with Crippen molar-refractivity contribution in [3.8, 4) is 5.75 Å². The summed E-state index contributed by atoms with van der Waals surface area (Å²) in [5.41, 5.74) is 6.15. The Bertz CT molecular complexity index is 452. The second-order valence-corrected chi connectivity index (χ2v) is 5.23. The fraction of sp³-hybridized carbons (Fsp3) is 0.533. The van der Waals surface area contributed by atoms with Crippen LogP contribution in [0, 0.1) is 5.41 Å². The first kappa shape index (κ1) is 13.9. The van der Waals surface area contributed by atoms with Crippen LogP contribution in [0.4, 0.5) is 0 Å². The Balaban J connectivity index is 2.39. The summed E-state index contributed by atoms with van der Waals surface area (Å²) in [6.45, 7) is 0.347. The van der Waals surface area contributed by atoms with Crippen molar-refractivity contribution in [2.75, 3.05) is 13.7 Å². The minimum atomic E-state index is -0.719. The summed E-state index contributed by atoms with van der Waals surface area (Å²) < 4.78 is 5.22. The lowest BCUT2D eigenvalue weighted by atomic mass is 9.70. The van der Waals surface area contributed by atoms with Gasteiger partial charge in [0.25, 0.3) is 0 Å². The number of ether oxygens (including phenoxy) is 1. The van der Waals surface area contributed by atoms with Crippen LogP contribution in [0.3, 0.4) is 0 Å². The van der Waals surface area contributed by atoms with Crippen LogP contribution in [-0.2, 0) is 4.79 Å². The molecule has 1 aromatic carbocycles. The van der Waals surface area contributed by atoms with Crippen molar-refractivity contribution < 1.29 is 14.6 Å². The Morgan fingerprint density at radius 3 is 2.68 bits per heavy atom. The van der Waals surface area contributed by atoms with Crippen LogP contribution in [0.25, 0.3) is 0 Å². The summed E-state index contributed by atoms with van der Waals surface area (Å²) >= 11 is 0. The number of methoxy groups -OCH3 is 1. The van der Waals surface area contributed by atoms with Gasteiger partial charge in [0.15, 0.2) is 0 Å². The predicted molar refractivity (Wildman–Crippen MR) is 73.3 cm³/mol. The third-order valence-corrected chi connectivity index (χ3v) is 4.32. The summed E-state index contributed by atoms with van der Waals surface area (Å²) in [6, 6.07) is 7.60. The van der Waals surface area contributed by atoms with E-state index in [0.717, 1.165) is 24.2 Å². The van der Waals surface area contributed by atoms with Gasteiger partial charge >= 0.3 is 5.97 Å². The smallest absolute Gasteiger partial charge is 0.310 e. The van der Waals surface area contributed by atoms with Crippen molar-refractivity contribution in [2.24, 2.45) is 11.1 Å². The van der Waals surface area contributed by atoms with Crippen LogP contribution in [-0.4, -0.2) is 24.7 Å². The SMILES string of the molecule is COc1cccc([C@@H](CN)C2(C(=O)O)CCCC2)c1. The first-order chi connectivity index (χ1) is 9.14. The summed E-state index contributed by atoms with van der Waals surface area (Å²) in [6.07, 6.45) is 3.35. The molecule has 0 radical (unpaired) electrons. The molecule has 0 heterocycles. The van der Waals surface area contributed by atoms with Crippen LogP contribution in [0.1, 0.15) is 37.2 Å². The first-order valence-electron chi connectivity index (χ1n) is 6.71. The fourth-order valence-corrected chi connectivity index (χ4v) is 3.26. The molecule has 104 valence electrons. The molecule has 4 nitrogen and oxygen atoms in total. The van der Waals surface area contributed by atoms with E-state index in [4.69, 9.17) is 10.5 Å². The van der Waals surface area contributed by atoms with Gasteiger partial charge in [0.05, 0.1) is 12.5 Å². The zero-order chi connectivity index (χ0) is 13.9. The summed E-state index contributed by atoms with van der Waals surface area (Å²) in [4.78, 5) is 11.8. The molecule has 4 heteroatoms. The Morgan fingerprint density at radius 1 is 1.47 bits per heavy atom. The highest BCUT2D eigenvalue weighted by Crippen LogP contribution is 2.49. The van der Waals surface area contributed by atoms with Crippen LogP contribution in [0.15, 0.2) is 24.3 Å². The Hall–Kier alpha value is -1.55. The lowest BCUT2D eigenvalue weighted by Crippen LogP contribution is -2.38. The number of carboxylic acid groups (broad SMARTS) is 1. The first-order valence-corrected chi connectivity index (χ1v) is 6.71. The lowest BCUT2D eigenvalue weighted by molar-refractivity contribution is -0.150. The molecule has 1 fully saturated rings. The second kappa shape index (κ2) is 5.61. The second-order valence-electron chi connectivity index (χ2n) is 5.23. The lowest BCUT2D eigenvalue weighted by Gasteiger charge is -2.33. The standard InChI is InChI=1S/C15H21NO3/c1-19-12-6-4-5-11(9-12)13(10-16)15(14(17)18)7-2-3-8-15/h4-6,9,13H,2-3,7-8,10,16H2,1H3,(H,17,18)/t13-/m1/s1. The average Bonchev–Trinajstić information content (AvgIpc) is 2.90. The molecular formula is C15H21NO3. The van der Waals surface area contributed by atoms with E-state index < -0.39 is 11.4 Å². The minimum Gasteiger partial charge on any atom is -0.497 e. The van der Waals surface area contributed by atoms with E-state index in [1.54, 1.807) is 7.11 Å². The number of hydrogen-bond acceptors (Lipinski definition) is 3. The molecule has 0 unspecified atom stereocenters. The molecule has 0 amide bonds. The van der Waals surface area contributed by atoms with E-state index in [0.29, 0.717) is 19.4 Å². The van der Waals surface area contributed by atoms with Crippen LogP contribution in [0.5, 0.6) is 5.75 Å². The fourth-order valence-electron chi connectivity index (χ4n) is 3.26. The molecular weight excluding hydrogens is 242 g/mol. The van der Waals surface area contributed by atoms with Gasteiger partial charge < -0.3 is 15.6 Å². The van der Waals surface area contributed by atoms with Gasteiger partial charge in [-0.3, -0.25) is 4.79 Å². The van der Waals surface area contributed by atoms with Crippen LogP contribution >= 0.6 is 0 Å². The molecule has 1 saturated carbocycles. The van der Waals surface area contributed by atoms with Gasteiger partial charge in [0, 0.05) is 12.5 Å². The number of nitrogens with two attached hydrogens (primary N) is 1. The summed E-state index contributed by atoms with van der Waals surface area (Å²) in [7, 11) is 1.61. The zero-order valence-corrected chi connectivity index (χ0v) is 11.3. The number of hydrogen-bond donors (Lipinski definition) is 2. The quantitative estimate of drug-likeness (QED) is 0.855. The molecule has 19 heavy (non-hydrogen) atoms. The Morgan fingerprint density at radius 2 is 2.16 bits per heavy atom. The molecule has 1 aliphatic carbocycles. The summed E-state index contributed by atoms with van der Waals surface area (Å²) in [5.74, 6) is -0.125. The highest BCUT2D eigenvalue weighted by molar-refractivity contribution is 5.76. The van der Waals surface area contributed by atoms with Gasteiger partial charge in [0.1, 0.15) is 5.75 Å². The third kappa shape index (κ3) is 2.45. The third-order valence-electron chi connectivity index (χ3n) is 4.32. The topological polar surface area (TPSA) is 72.5 Å². The maximum atomic E-state index is 11.8. The molecule has 1 aromatic rings. The normalized spacial score (nSPS) is 19.1. The van der Waals surface area contributed by atoms with Gasteiger partial charge in [0.2, 0.25) is 0 Å². The molecule has 2 rings (SSSR count). The predicted octanol–water partition coefficient (Wildman–Crippen LogP) is 2.38. The Labute approximate surface area is 113 Å². The van der Waals surface area contributed by atoms with E-state index in [9.17, 15) is 9.90 Å². The summed E-state index contributed by atoms with van der Waals surface area (Å²) in [5, 5.41) is 9.67. The highest BCUT2D eigenvalue weighted by Gasteiger charge is 2.47. The van der Waals surface area contributed by atoms with Crippen molar-refractivity contribution in [3.63, 3.8) is 0 Å². The molecule has 3 N–H and O–H groups in total. The van der Waals surface area contributed by atoms with Crippen molar-refractivity contribution in [1.29, 1.82) is 0 Å². The van der Waals surface area contributed by atoms with E-state index >= 15 is 0 Å². The number of rotatable bonds is 5. The van der Waals surface area contributed by atoms with E-state index in [-0.39, 0.29) is 5.92 Å². The largest absolute Gasteiger partial charge is 0.497 e. The molecule has 1 atom stereocenters. The maximum absolute atomic E-state index is 11.8. The van der Waals surface area contributed by atoms with Crippen LogP contribution in [0.2, 0.25) is 0 Å². The number of benzene rings is 1. The Kier molecular flexibility index (Phi) is 4.10. The van der Waals surface area contributed by atoms with Gasteiger partial charge in [-0.25, -0.2) is 0 Å². The van der Waals surface area contributed by atoms with Crippen molar-refractivity contribution in [1.82, 2.24) is 0 Å². The molecule has 0 bridgehead atoms. The van der Waals surface area contributed by atoms with Gasteiger partial charge in [-0.15, -0.1) is 0 Å². The number of carbonyl (C=O) groups is 1. The molecule has 0 saturated heterocycles. The van der Waals surface area contributed by atoms with E-state index in [2.05, 4.69) is 0 Å². The molecule has 0 aliphatic heterocycles.